The highest BCUT2D eigenvalue weighted by atomic mass is 16.6. The second-order valence-electron chi connectivity index (χ2n) is 10.6. The van der Waals surface area contributed by atoms with E-state index in [1.165, 1.54) is 6.92 Å². The molecule has 6 fully saturated rings. The van der Waals surface area contributed by atoms with Gasteiger partial charge in [0, 0.05) is 24.2 Å². The van der Waals surface area contributed by atoms with Crippen LogP contribution in [0.1, 0.15) is 46.5 Å². The van der Waals surface area contributed by atoms with E-state index in [1.807, 2.05) is 13.8 Å². The number of carbonyl (C=O) groups is 2. The van der Waals surface area contributed by atoms with Crippen molar-refractivity contribution in [2.45, 2.75) is 70.6 Å². The smallest absolute Gasteiger partial charge is 0.302 e. The van der Waals surface area contributed by atoms with Crippen molar-refractivity contribution in [1.29, 1.82) is 0 Å². The average Bonchev–Trinajstić information content (AvgIpc) is 2.75. The van der Waals surface area contributed by atoms with Crippen molar-refractivity contribution in [3.05, 3.63) is 12.2 Å². The number of Topliss-reactive ketones (excluding diaryl/α,β-unsaturated/α-hetero) is 1. The van der Waals surface area contributed by atoms with Gasteiger partial charge in [-0.3, -0.25) is 9.59 Å². The van der Waals surface area contributed by atoms with Crippen LogP contribution in [0.3, 0.4) is 0 Å². The molecule has 2 aliphatic heterocycles. The van der Waals surface area contributed by atoms with Gasteiger partial charge in [-0.05, 0) is 42.6 Å². The van der Waals surface area contributed by atoms with Gasteiger partial charge in [-0.15, -0.1) is 0 Å². The molecule has 4 aliphatic carbocycles. The minimum atomic E-state index is -2.19. The third-order valence-corrected chi connectivity index (χ3v) is 9.14. The summed E-state index contributed by atoms with van der Waals surface area (Å²) in [4.78, 5) is 25.6. The van der Waals surface area contributed by atoms with E-state index in [-0.39, 0.29) is 12.0 Å². The van der Waals surface area contributed by atoms with Gasteiger partial charge < -0.3 is 24.8 Å². The second-order valence-corrected chi connectivity index (χ2v) is 10.6. The van der Waals surface area contributed by atoms with Crippen LogP contribution in [-0.4, -0.2) is 57.8 Å². The Morgan fingerprint density at radius 2 is 1.93 bits per heavy atom. The molecule has 0 aromatic carbocycles. The summed E-state index contributed by atoms with van der Waals surface area (Å²) in [5.74, 6) is -4.46. The van der Waals surface area contributed by atoms with Crippen LogP contribution < -0.4 is 0 Å². The number of fused-ring (bicyclic) bond motifs is 2. The number of aliphatic hydroxyl groups is 3. The van der Waals surface area contributed by atoms with Crippen LogP contribution in [0.15, 0.2) is 12.2 Å². The third-order valence-electron chi connectivity index (χ3n) is 9.14. The maximum absolute atomic E-state index is 13.7. The molecule has 0 aromatic rings. The van der Waals surface area contributed by atoms with Crippen LogP contribution in [0.2, 0.25) is 0 Å². The summed E-state index contributed by atoms with van der Waals surface area (Å²) in [5.41, 5.74) is -2.57. The molecule has 0 radical (unpaired) electrons. The van der Waals surface area contributed by atoms with Crippen LogP contribution in [0.5, 0.6) is 0 Å². The standard InChI is InChI=1S/C22H30O7/c1-10-12-5-6-13-20-9-28-22(27,21(13,16(10)25)18(12)29-11(2)23)17(26)15(20)19(3,4)8-7-14(20)24/h12-15,17-18,24,26-27H,1,5-9H2,2-4H3. The lowest BCUT2D eigenvalue weighted by atomic mass is 9.35. The topological polar surface area (TPSA) is 113 Å². The SMILES string of the molecule is C=C1C(=O)C23C(OC(C)=O)C1CCC2C12COC3(O)C(O)C1C(C)(C)CCC2O. The van der Waals surface area contributed by atoms with Gasteiger partial charge in [0.05, 0.1) is 12.7 Å². The van der Waals surface area contributed by atoms with E-state index in [0.717, 1.165) is 0 Å². The van der Waals surface area contributed by atoms with E-state index in [9.17, 15) is 24.9 Å². The molecule has 160 valence electrons. The van der Waals surface area contributed by atoms with E-state index < -0.39 is 64.4 Å². The van der Waals surface area contributed by atoms with E-state index >= 15 is 0 Å². The zero-order chi connectivity index (χ0) is 21.1. The molecule has 3 N–H and O–H groups in total. The maximum Gasteiger partial charge on any atom is 0.302 e. The number of hydrogen-bond donors (Lipinski definition) is 3. The minimum Gasteiger partial charge on any atom is -0.461 e. The van der Waals surface area contributed by atoms with Gasteiger partial charge in [0.25, 0.3) is 0 Å². The molecular weight excluding hydrogens is 376 g/mol. The lowest BCUT2D eigenvalue weighted by molar-refractivity contribution is -0.458. The molecule has 2 heterocycles. The summed E-state index contributed by atoms with van der Waals surface area (Å²) in [6.07, 6.45) is -0.723. The Labute approximate surface area is 170 Å². The molecule has 7 nitrogen and oxygen atoms in total. The van der Waals surface area contributed by atoms with E-state index in [2.05, 4.69) is 6.58 Å². The Hall–Kier alpha value is -1.28. The summed E-state index contributed by atoms with van der Waals surface area (Å²) >= 11 is 0. The Morgan fingerprint density at radius 3 is 2.59 bits per heavy atom. The van der Waals surface area contributed by atoms with Gasteiger partial charge in [-0.1, -0.05) is 20.4 Å². The molecule has 6 rings (SSSR count). The van der Waals surface area contributed by atoms with Gasteiger partial charge in [0.1, 0.15) is 17.6 Å². The van der Waals surface area contributed by atoms with Crippen molar-refractivity contribution in [2.24, 2.45) is 34.0 Å². The van der Waals surface area contributed by atoms with Gasteiger partial charge in [-0.2, -0.15) is 0 Å². The molecular formula is C22H30O7. The van der Waals surface area contributed by atoms with Gasteiger partial charge >= 0.3 is 5.97 Å². The molecule has 2 spiro atoms. The third kappa shape index (κ3) is 1.86. The minimum absolute atomic E-state index is 0.0689. The van der Waals surface area contributed by atoms with Gasteiger partial charge in [-0.25, -0.2) is 0 Å². The molecule has 6 aliphatic rings. The first kappa shape index (κ1) is 19.7. The first-order chi connectivity index (χ1) is 13.5. The second kappa shape index (κ2) is 5.49. The van der Waals surface area contributed by atoms with Crippen molar-refractivity contribution < 1.29 is 34.4 Å². The van der Waals surface area contributed by atoms with Gasteiger partial charge in [0.2, 0.25) is 5.79 Å². The number of hydrogen-bond acceptors (Lipinski definition) is 7. The highest BCUT2D eigenvalue weighted by Crippen LogP contribution is 2.76. The fourth-order valence-corrected chi connectivity index (χ4v) is 8.22. The Morgan fingerprint density at radius 1 is 1.24 bits per heavy atom. The molecule has 9 unspecified atom stereocenters. The Balaban J connectivity index is 1.80. The summed E-state index contributed by atoms with van der Waals surface area (Å²) in [6.45, 7) is 9.38. The highest BCUT2D eigenvalue weighted by Gasteiger charge is 2.87. The molecule has 0 amide bonds. The number of ether oxygens (including phenoxy) is 2. The van der Waals surface area contributed by atoms with Crippen LogP contribution in [0, 0.1) is 34.0 Å². The lowest BCUT2D eigenvalue weighted by Gasteiger charge is -2.74. The first-order valence-corrected chi connectivity index (χ1v) is 10.6. The van der Waals surface area contributed by atoms with Crippen molar-refractivity contribution in [1.82, 2.24) is 0 Å². The van der Waals surface area contributed by atoms with Gasteiger partial charge in [0.15, 0.2) is 5.78 Å². The number of aliphatic hydroxyl groups excluding tert-OH is 2. The fraction of sp³-hybridized carbons (Fsp3) is 0.818. The zero-order valence-electron chi connectivity index (χ0n) is 17.2. The van der Waals surface area contributed by atoms with E-state index in [4.69, 9.17) is 9.47 Å². The van der Waals surface area contributed by atoms with Crippen molar-refractivity contribution >= 4 is 11.8 Å². The fourth-order valence-electron chi connectivity index (χ4n) is 8.22. The molecule has 7 heteroatoms. The van der Waals surface area contributed by atoms with E-state index in [0.29, 0.717) is 31.3 Å². The number of ketones is 1. The predicted octanol–water partition coefficient (Wildman–Crippen LogP) is 0.946. The largest absolute Gasteiger partial charge is 0.461 e. The number of carbonyl (C=O) groups excluding carboxylic acids is 2. The number of esters is 1. The first-order valence-electron chi connectivity index (χ1n) is 10.6. The Bertz CT molecular complexity index is 820. The lowest BCUT2D eigenvalue weighted by Crippen LogP contribution is -2.85. The summed E-state index contributed by atoms with van der Waals surface area (Å²) in [7, 11) is 0. The van der Waals surface area contributed by atoms with Crippen molar-refractivity contribution in [2.75, 3.05) is 6.61 Å². The van der Waals surface area contributed by atoms with Crippen LogP contribution in [-0.2, 0) is 19.1 Å². The molecule has 2 saturated heterocycles. The highest BCUT2D eigenvalue weighted by molar-refractivity contribution is 6.05. The molecule has 4 saturated carbocycles. The summed E-state index contributed by atoms with van der Waals surface area (Å²) < 4.78 is 11.6. The summed E-state index contributed by atoms with van der Waals surface area (Å²) in [6, 6.07) is 0. The molecule has 29 heavy (non-hydrogen) atoms. The normalized spacial score (nSPS) is 54.7. The molecule has 9 atom stereocenters. The molecule has 4 bridgehead atoms. The quantitative estimate of drug-likeness (QED) is 0.439. The van der Waals surface area contributed by atoms with Crippen molar-refractivity contribution in [3.63, 3.8) is 0 Å². The maximum atomic E-state index is 13.7. The van der Waals surface area contributed by atoms with Crippen LogP contribution in [0.25, 0.3) is 0 Å². The van der Waals surface area contributed by atoms with E-state index in [1.54, 1.807) is 0 Å². The Kier molecular flexibility index (Phi) is 3.73. The zero-order valence-corrected chi connectivity index (χ0v) is 17.2. The monoisotopic (exact) mass is 406 g/mol. The summed E-state index contributed by atoms with van der Waals surface area (Å²) in [5, 5.41) is 34.7. The van der Waals surface area contributed by atoms with Crippen molar-refractivity contribution in [3.8, 4) is 0 Å². The number of rotatable bonds is 1. The van der Waals surface area contributed by atoms with Crippen LogP contribution >= 0.6 is 0 Å². The predicted molar refractivity (Wildman–Crippen MR) is 100 cm³/mol. The van der Waals surface area contributed by atoms with Crippen LogP contribution in [0.4, 0.5) is 0 Å². The molecule has 0 aromatic heterocycles. The average molecular weight is 406 g/mol.